The number of hydrogen-bond acceptors (Lipinski definition) is 3. The maximum Gasteiger partial charge on any atom is 0.162 e. The molecule has 2 unspecified atom stereocenters. The quantitative estimate of drug-likeness (QED) is 0.840. The third-order valence-electron chi connectivity index (χ3n) is 4.68. The van der Waals surface area contributed by atoms with Crippen molar-refractivity contribution in [2.24, 2.45) is 10.9 Å². The normalized spacial score (nSPS) is 24.3. The molecule has 1 aromatic heterocycles. The first-order valence-electron chi connectivity index (χ1n) is 8.08. The first-order valence-corrected chi connectivity index (χ1v) is 9.45. The molecule has 1 aliphatic heterocycles. The highest BCUT2D eigenvalue weighted by Crippen LogP contribution is 2.50. The van der Waals surface area contributed by atoms with Crippen molar-refractivity contribution < 1.29 is 9.50 Å². The van der Waals surface area contributed by atoms with Gasteiger partial charge in [-0.2, -0.15) is 0 Å². The van der Waals surface area contributed by atoms with Crippen LogP contribution in [-0.4, -0.2) is 24.5 Å². The van der Waals surface area contributed by atoms with Gasteiger partial charge in [-0.3, -0.25) is 3.97 Å². The Balaban J connectivity index is 1.71. The number of rotatable bonds is 3. The molecule has 4 nitrogen and oxygen atoms in total. The van der Waals surface area contributed by atoms with Crippen LogP contribution in [0.1, 0.15) is 37.7 Å². The zero-order valence-corrected chi connectivity index (χ0v) is 13.7. The Morgan fingerprint density at radius 2 is 2.09 bits per heavy atom. The number of imidazole rings is 1. The number of fused-ring (bicyclic) bond motifs is 1. The fraction of sp³-hybridized carbons (Fsp3) is 0.412. The van der Waals surface area contributed by atoms with Crippen LogP contribution in [0.4, 0.5) is 10.2 Å². The number of hydrogen-bond donors (Lipinski definition) is 2. The van der Waals surface area contributed by atoms with E-state index in [9.17, 15) is 9.50 Å². The van der Waals surface area contributed by atoms with E-state index >= 15 is 0 Å². The summed E-state index contributed by atoms with van der Waals surface area (Å²) in [5.74, 6) is 0.772. The van der Waals surface area contributed by atoms with Gasteiger partial charge in [0.25, 0.3) is 0 Å². The van der Waals surface area contributed by atoms with Crippen molar-refractivity contribution in [3.63, 3.8) is 0 Å². The van der Waals surface area contributed by atoms with Crippen molar-refractivity contribution in [3.05, 3.63) is 48.2 Å². The summed E-state index contributed by atoms with van der Waals surface area (Å²) in [5.41, 5.74) is 0.303. The molecule has 4 rings (SSSR count). The molecule has 1 aliphatic carbocycles. The minimum absolute atomic E-state index is 0.276. The maximum absolute atomic E-state index is 13.6. The summed E-state index contributed by atoms with van der Waals surface area (Å²) in [6, 6.07) is 6.49. The highest BCUT2D eigenvalue weighted by atomic mass is 32.2. The smallest absolute Gasteiger partial charge is 0.162 e. The molecule has 23 heavy (non-hydrogen) atoms. The number of nitrogens with zero attached hydrogens (tertiary/aromatic N) is 3. The summed E-state index contributed by atoms with van der Waals surface area (Å²) in [5, 5.41) is 11.8. The molecular weight excluding hydrogens is 313 g/mol. The second kappa shape index (κ2) is 6.09. The second-order valence-corrected chi connectivity index (χ2v) is 8.27. The molecule has 0 spiro atoms. The summed E-state index contributed by atoms with van der Waals surface area (Å²) in [6.45, 7) is 0. The predicted molar refractivity (Wildman–Crippen MR) is 91.8 cm³/mol. The van der Waals surface area contributed by atoms with Crippen LogP contribution >= 0.6 is 11.1 Å². The molecule has 0 amide bonds. The van der Waals surface area contributed by atoms with Crippen LogP contribution in [0.25, 0.3) is 0 Å². The Labute approximate surface area is 137 Å². The first kappa shape index (κ1) is 14.9. The minimum Gasteiger partial charge on any atom is -0.382 e. The topological polar surface area (TPSA) is 50.4 Å². The average Bonchev–Trinajstić information content (AvgIpc) is 3.15. The van der Waals surface area contributed by atoms with E-state index < -0.39 is 16.5 Å². The molecule has 2 aromatic rings. The lowest BCUT2D eigenvalue weighted by atomic mass is 9.90. The van der Waals surface area contributed by atoms with E-state index in [1.807, 2.05) is 10.0 Å². The van der Waals surface area contributed by atoms with E-state index in [1.165, 1.54) is 31.4 Å². The molecule has 1 N–H and O–H groups in total. The average molecular weight is 333 g/mol. The van der Waals surface area contributed by atoms with Crippen molar-refractivity contribution in [1.82, 2.24) is 8.96 Å². The second-order valence-electron chi connectivity index (χ2n) is 6.20. The Bertz CT molecular complexity index is 739. The van der Waals surface area contributed by atoms with E-state index in [2.05, 4.69) is 9.98 Å². The van der Waals surface area contributed by atoms with Gasteiger partial charge in [0.05, 0.1) is 6.20 Å². The fourth-order valence-electron chi connectivity index (χ4n) is 3.50. The van der Waals surface area contributed by atoms with Gasteiger partial charge in [-0.05, 0) is 30.9 Å². The Morgan fingerprint density at radius 3 is 2.87 bits per heavy atom. The van der Waals surface area contributed by atoms with Crippen molar-refractivity contribution >= 4 is 21.9 Å². The lowest BCUT2D eigenvalue weighted by molar-refractivity contribution is 0.158. The molecule has 2 heterocycles. The number of halogens is 1. The highest BCUT2D eigenvalue weighted by molar-refractivity contribution is 8.29. The Hall–Kier alpha value is -1.66. The van der Waals surface area contributed by atoms with Gasteiger partial charge >= 0.3 is 0 Å². The standard InChI is InChI=1S/C17H20FN3OS/c18-14-8-4-7-13(9-14)16-20-15-10-19-11-21(15)23(16)17(22)12-5-2-1-3-6-12/h4,7-12,17,22-23H,1-3,5-6H2. The van der Waals surface area contributed by atoms with Crippen molar-refractivity contribution in [2.75, 3.05) is 0 Å². The van der Waals surface area contributed by atoms with Gasteiger partial charge in [-0.25, -0.2) is 14.4 Å². The molecule has 0 bridgehead atoms. The van der Waals surface area contributed by atoms with Crippen LogP contribution in [0.2, 0.25) is 0 Å². The van der Waals surface area contributed by atoms with Gasteiger partial charge in [-0.15, -0.1) is 0 Å². The molecule has 0 radical (unpaired) electrons. The largest absolute Gasteiger partial charge is 0.382 e. The van der Waals surface area contributed by atoms with Crippen LogP contribution in [0.15, 0.2) is 41.8 Å². The molecular formula is C17H20FN3OS. The lowest BCUT2D eigenvalue weighted by Crippen LogP contribution is -2.27. The number of benzene rings is 1. The number of aliphatic hydroxyl groups excluding tert-OH is 1. The Kier molecular flexibility index (Phi) is 3.95. The molecule has 0 saturated heterocycles. The number of aromatic nitrogens is 2. The zero-order valence-electron chi connectivity index (χ0n) is 12.8. The van der Waals surface area contributed by atoms with Crippen LogP contribution in [-0.2, 0) is 0 Å². The van der Waals surface area contributed by atoms with Crippen molar-refractivity contribution in [2.45, 2.75) is 37.5 Å². The predicted octanol–water partition coefficient (Wildman–Crippen LogP) is 3.78. The Morgan fingerprint density at radius 1 is 1.26 bits per heavy atom. The van der Waals surface area contributed by atoms with Crippen LogP contribution in [0.3, 0.4) is 0 Å². The summed E-state index contributed by atoms with van der Waals surface area (Å²) in [4.78, 5) is 8.79. The molecule has 1 aromatic carbocycles. The molecule has 2 atom stereocenters. The van der Waals surface area contributed by atoms with Crippen molar-refractivity contribution in [3.8, 4) is 0 Å². The number of thiol groups is 1. The summed E-state index contributed by atoms with van der Waals surface area (Å²) in [6.07, 6.45) is 9.16. The lowest BCUT2D eigenvalue weighted by Gasteiger charge is -2.34. The first-order chi connectivity index (χ1) is 11.2. The van der Waals surface area contributed by atoms with Crippen molar-refractivity contribution in [1.29, 1.82) is 0 Å². The number of aliphatic hydroxyl groups is 1. The van der Waals surface area contributed by atoms with E-state index in [1.54, 1.807) is 18.6 Å². The molecule has 2 aliphatic rings. The van der Waals surface area contributed by atoms with E-state index in [-0.39, 0.29) is 5.82 Å². The summed E-state index contributed by atoms with van der Waals surface area (Å²) >= 11 is -1.07. The van der Waals surface area contributed by atoms with Crippen LogP contribution < -0.4 is 0 Å². The van der Waals surface area contributed by atoms with Gasteiger partial charge in [0.1, 0.15) is 22.6 Å². The third kappa shape index (κ3) is 2.70. The molecule has 122 valence electrons. The number of aliphatic imine (C=N–C) groups is 1. The molecule has 1 fully saturated rings. The summed E-state index contributed by atoms with van der Waals surface area (Å²) < 4.78 is 15.6. The molecule has 1 saturated carbocycles. The van der Waals surface area contributed by atoms with Gasteiger partial charge in [0.15, 0.2) is 5.82 Å². The minimum atomic E-state index is -1.07. The SMILES string of the molecule is OC(C1CCCCC1)[SH]1C(c2cccc(F)c2)=Nc2cncn21. The maximum atomic E-state index is 13.6. The van der Waals surface area contributed by atoms with E-state index in [4.69, 9.17) is 0 Å². The third-order valence-corrected chi connectivity index (χ3v) is 7.16. The van der Waals surface area contributed by atoms with E-state index in [0.717, 1.165) is 29.3 Å². The van der Waals surface area contributed by atoms with Gasteiger partial charge in [0.2, 0.25) is 0 Å². The fourth-order valence-corrected chi connectivity index (χ4v) is 6.00. The van der Waals surface area contributed by atoms with Crippen LogP contribution in [0.5, 0.6) is 0 Å². The van der Waals surface area contributed by atoms with Crippen LogP contribution in [0, 0.1) is 11.7 Å². The molecule has 6 heteroatoms. The van der Waals surface area contributed by atoms with E-state index in [0.29, 0.717) is 5.92 Å². The highest BCUT2D eigenvalue weighted by Gasteiger charge is 2.35. The zero-order chi connectivity index (χ0) is 15.8. The monoisotopic (exact) mass is 333 g/mol. The van der Waals surface area contributed by atoms with Gasteiger partial charge in [0, 0.05) is 5.56 Å². The van der Waals surface area contributed by atoms with Gasteiger partial charge in [-0.1, -0.05) is 42.5 Å². The summed E-state index contributed by atoms with van der Waals surface area (Å²) in [7, 11) is 0. The van der Waals surface area contributed by atoms with Gasteiger partial charge < -0.3 is 5.11 Å².